The van der Waals surface area contributed by atoms with Crippen LogP contribution in [-0.2, 0) is 20.8 Å². The lowest BCUT2D eigenvalue weighted by Gasteiger charge is -2.26. The summed E-state index contributed by atoms with van der Waals surface area (Å²) in [5.41, 5.74) is 2.01. The second kappa shape index (κ2) is 10.4. The van der Waals surface area contributed by atoms with Gasteiger partial charge in [0.2, 0.25) is 17.7 Å². The molecule has 0 atom stereocenters. The van der Waals surface area contributed by atoms with E-state index in [1.165, 1.54) is 36.4 Å². The van der Waals surface area contributed by atoms with Gasteiger partial charge in [0.25, 0.3) is 0 Å². The number of aromatic nitrogens is 1. The smallest absolute Gasteiger partial charge is 0.234 e. The average molecular weight is 433 g/mol. The van der Waals surface area contributed by atoms with Gasteiger partial charge in [0, 0.05) is 36.8 Å². The highest BCUT2D eigenvalue weighted by Crippen LogP contribution is 2.24. The lowest BCUT2D eigenvalue weighted by molar-refractivity contribution is -0.131. The number of rotatable bonds is 7. The largest absolute Gasteiger partial charge is 0.342 e. The van der Waals surface area contributed by atoms with Gasteiger partial charge in [-0.3, -0.25) is 14.4 Å². The summed E-state index contributed by atoms with van der Waals surface area (Å²) in [6.07, 6.45) is 3.67. The number of thioether (sulfide) groups is 1. The molecule has 1 aliphatic rings. The Hall–Kier alpha value is -2.39. The van der Waals surface area contributed by atoms with Crippen LogP contribution in [0.25, 0.3) is 0 Å². The molecule has 2 aromatic rings. The van der Waals surface area contributed by atoms with Crippen LogP contribution in [0.3, 0.4) is 0 Å². The predicted octanol–water partition coefficient (Wildman–Crippen LogP) is 3.39. The maximum Gasteiger partial charge on any atom is 0.234 e. The number of carbonyl (C=O) groups excluding carboxylic acids is 3. The molecule has 1 fully saturated rings. The van der Waals surface area contributed by atoms with E-state index in [0.29, 0.717) is 17.8 Å². The number of benzene rings is 1. The molecule has 3 rings (SSSR count). The first-order chi connectivity index (χ1) is 14.0. The number of hydrogen-bond acceptors (Lipinski definition) is 6. The number of nitrogens with zero attached hydrogens (tertiary/aromatic N) is 2. The standard InChI is InChI=1S/C20H24N4O3S2/c1-14(25)21-15-6-5-7-16(10-15)22-18(26)13-29-20-23-17(12-28-20)11-19(27)24-8-3-2-4-9-24/h5-7,10,12H,2-4,8-9,11,13H2,1H3,(H,21,25)(H,22,26). The highest BCUT2D eigenvalue weighted by atomic mass is 32.2. The maximum absolute atomic E-state index is 12.3. The number of carbonyl (C=O) groups is 3. The molecule has 29 heavy (non-hydrogen) atoms. The molecule has 0 radical (unpaired) electrons. The van der Waals surface area contributed by atoms with Gasteiger partial charge >= 0.3 is 0 Å². The Bertz CT molecular complexity index is 878. The third kappa shape index (κ3) is 6.86. The van der Waals surface area contributed by atoms with E-state index >= 15 is 0 Å². The van der Waals surface area contributed by atoms with Crippen LogP contribution in [0.1, 0.15) is 31.9 Å². The molecular weight excluding hydrogens is 408 g/mol. The minimum atomic E-state index is -0.164. The number of nitrogens with one attached hydrogen (secondary N) is 2. The predicted molar refractivity (Wildman–Crippen MR) is 116 cm³/mol. The molecule has 2 heterocycles. The van der Waals surface area contributed by atoms with Crippen LogP contribution >= 0.6 is 23.1 Å². The summed E-state index contributed by atoms with van der Waals surface area (Å²) in [6, 6.07) is 6.99. The summed E-state index contributed by atoms with van der Waals surface area (Å²) in [5.74, 6) is 0.0269. The Balaban J connectivity index is 1.46. The van der Waals surface area contributed by atoms with Crippen molar-refractivity contribution >= 4 is 52.2 Å². The van der Waals surface area contributed by atoms with Crippen LogP contribution in [0.2, 0.25) is 0 Å². The fourth-order valence-corrected chi connectivity index (χ4v) is 4.69. The second-order valence-electron chi connectivity index (χ2n) is 6.82. The summed E-state index contributed by atoms with van der Waals surface area (Å²) in [5, 5.41) is 7.38. The number of amides is 3. The molecule has 0 bridgehead atoms. The van der Waals surface area contributed by atoms with E-state index in [1.54, 1.807) is 24.3 Å². The maximum atomic E-state index is 12.3. The van der Waals surface area contributed by atoms with E-state index in [4.69, 9.17) is 0 Å². The van der Waals surface area contributed by atoms with E-state index in [9.17, 15) is 14.4 Å². The van der Waals surface area contributed by atoms with Crippen molar-refractivity contribution in [3.05, 3.63) is 35.3 Å². The molecule has 0 spiro atoms. The summed E-state index contributed by atoms with van der Waals surface area (Å²) < 4.78 is 0.772. The number of likely N-dealkylation sites (tertiary alicyclic amines) is 1. The Morgan fingerprint density at radius 3 is 2.59 bits per heavy atom. The molecule has 1 saturated heterocycles. The van der Waals surface area contributed by atoms with Gasteiger partial charge in [0.15, 0.2) is 4.34 Å². The molecular formula is C20H24N4O3S2. The van der Waals surface area contributed by atoms with Gasteiger partial charge in [-0.15, -0.1) is 11.3 Å². The van der Waals surface area contributed by atoms with Crippen molar-refractivity contribution in [3.63, 3.8) is 0 Å². The van der Waals surface area contributed by atoms with Gasteiger partial charge in [-0.05, 0) is 37.5 Å². The lowest BCUT2D eigenvalue weighted by atomic mass is 10.1. The molecule has 9 heteroatoms. The van der Waals surface area contributed by atoms with Gasteiger partial charge in [0.05, 0.1) is 17.9 Å². The van der Waals surface area contributed by atoms with Crippen molar-refractivity contribution in [3.8, 4) is 0 Å². The first-order valence-electron chi connectivity index (χ1n) is 9.52. The summed E-state index contributed by atoms with van der Waals surface area (Å²) >= 11 is 2.80. The molecule has 0 saturated carbocycles. The van der Waals surface area contributed by atoms with Crippen molar-refractivity contribution in [1.29, 1.82) is 0 Å². The number of piperidine rings is 1. The van der Waals surface area contributed by atoms with E-state index < -0.39 is 0 Å². The van der Waals surface area contributed by atoms with Crippen molar-refractivity contribution < 1.29 is 14.4 Å². The number of anilines is 2. The molecule has 154 valence electrons. The van der Waals surface area contributed by atoms with Crippen molar-refractivity contribution in [2.24, 2.45) is 0 Å². The van der Waals surface area contributed by atoms with E-state index in [-0.39, 0.29) is 23.5 Å². The van der Waals surface area contributed by atoms with Crippen LogP contribution in [0.5, 0.6) is 0 Å². The van der Waals surface area contributed by atoms with Crippen LogP contribution in [-0.4, -0.2) is 46.4 Å². The molecule has 2 N–H and O–H groups in total. The summed E-state index contributed by atoms with van der Waals surface area (Å²) in [7, 11) is 0. The zero-order valence-electron chi connectivity index (χ0n) is 16.3. The molecule has 0 unspecified atom stereocenters. The zero-order valence-corrected chi connectivity index (χ0v) is 17.9. The summed E-state index contributed by atoms with van der Waals surface area (Å²) in [4.78, 5) is 42.1. The van der Waals surface area contributed by atoms with Crippen molar-refractivity contribution in [1.82, 2.24) is 9.88 Å². The lowest BCUT2D eigenvalue weighted by Crippen LogP contribution is -2.36. The summed E-state index contributed by atoms with van der Waals surface area (Å²) in [6.45, 7) is 3.12. The van der Waals surface area contributed by atoms with Gasteiger partial charge in [-0.2, -0.15) is 0 Å². The quantitative estimate of drug-likeness (QED) is 0.655. The van der Waals surface area contributed by atoms with Crippen LogP contribution in [0.4, 0.5) is 11.4 Å². The second-order valence-corrected chi connectivity index (χ2v) is 8.90. The van der Waals surface area contributed by atoms with Gasteiger partial charge < -0.3 is 15.5 Å². The van der Waals surface area contributed by atoms with Crippen molar-refractivity contribution in [2.75, 3.05) is 29.5 Å². The molecule has 1 aromatic heterocycles. The number of hydrogen-bond donors (Lipinski definition) is 2. The Morgan fingerprint density at radius 1 is 1.14 bits per heavy atom. The average Bonchev–Trinajstić information content (AvgIpc) is 3.14. The van der Waals surface area contributed by atoms with Gasteiger partial charge in [0.1, 0.15) is 0 Å². The third-order valence-corrected chi connectivity index (χ3v) is 6.44. The van der Waals surface area contributed by atoms with Crippen LogP contribution < -0.4 is 10.6 Å². The van der Waals surface area contributed by atoms with E-state index in [2.05, 4.69) is 15.6 Å². The number of thiazole rings is 1. The normalized spacial score (nSPS) is 13.8. The van der Waals surface area contributed by atoms with Gasteiger partial charge in [-0.25, -0.2) is 4.98 Å². The molecule has 0 aliphatic carbocycles. The van der Waals surface area contributed by atoms with Crippen molar-refractivity contribution in [2.45, 2.75) is 36.9 Å². The SMILES string of the molecule is CC(=O)Nc1cccc(NC(=O)CSc2nc(CC(=O)N3CCCCC3)cs2)c1. The molecule has 3 amide bonds. The fourth-order valence-electron chi connectivity index (χ4n) is 3.05. The highest BCUT2D eigenvalue weighted by Gasteiger charge is 2.18. The topological polar surface area (TPSA) is 91.4 Å². The first-order valence-corrected chi connectivity index (χ1v) is 11.4. The van der Waals surface area contributed by atoms with E-state index in [0.717, 1.165) is 36.0 Å². The zero-order chi connectivity index (χ0) is 20.6. The molecule has 7 nitrogen and oxygen atoms in total. The molecule has 1 aromatic carbocycles. The van der Waals surface area contributed by atoms with Crippen LogP contribution in [0, 0.1) is 0 Å². The fraction of sp³-hybridized carbons (Fsp3) is 0.400. The first kappa shape index (κ1) is 21.3. The van der Waals surface area contributed by atoms with E-state index in [1.807, 2.05) is 10.3 Å². The highest BCUT2D eigenvalue weighted by molar-refractivity contribution is 8.01. The Kier molecular flexibility index (Phi) is 7.65. The molecule has 1 aliphatic heterocycles. The Labute approximate surface area is 178 Å². The van der Waals surface area contributed by atoms with Gasteiger partial charge in [-0.1, -0.05) is 17.8 Å². The third-order valence-electron chi connectivity index (χ3n) is 4.37. The van der Waals surface area contributed by atoms with Crippen LogP contribution in [0.15, 0.2) is 34.0 Å². The monoisotopic (exact) mass is 432 g/mol. The Morgan fingerprint density at radius 2 is 1.86 bits per heavy atom. The minimum Gasteiger partial charge on any atom is -0.342 e. The minimum absolute atomic E-state index is 0.128.